The summed E-state index contributed by atoms with van der Waals surface area (Å²) in [5.74, 6) is 0.916. The largest absolute Gasteiger partial charge is 0.497 e. The zero-order valence-electron chi connectivity index (χ0n) is 16.0. The SMILES string of the molecule is COc1ccc(S(=O)(=O)NC(CC(=O)N2CCCCCC2)c2ccco2)cc1. The molecule has 1 amide bonds. The molecule has 0 aliphatic carbocycles. The van der Waals surface area contributed by atoms with Crippen molar-refractivity contribution in [2.45, 2.75) is 43.0 Å². The first-order chi connectivity index (χ1) is 13.5. The molecule has 0 bridgehead atoms. The van der Waals surface area contributed by atoms with Crippen LogP contribution in [0.25, 0.3) is 0 Å². The lowest BCUT2D eigenvalue weighted by molar-refractivity contribution is -0.131. The molecule has 1 aliphatic rings. The molecule has 1 unspecified atom stereocenters. The van der Waals surface area contributed by atoms with E-state index in [0.29, 0.717) is 11.5 Å². The lowest BCUT2D eigenvalue weighted by atomic mass is 10.1. The summed E-state index contributed by atoms with van der Waals surface area (Å²) in [4.78, 5) is 14.7. The fourth-order valence-electron chi connectivity index (χ4n) is 3.32. The summed E-state index contributed by atoms with van der Waals surface area (Å²) in [6, 6.07) is 8.70. The highest BCUT2D eigenvalue weighted by Gasteiger charge is 2.28. The predicted molar refractivity (Wildman–Crippen MR) is 104 cm³/mol. The van der Waals surface area contributed by atoms with Crippen LogP contribution in [-0.4, -0.2) is 39.4 Å². The molecule has 1 saturated heterocycles. The number of nitrogens with one attached hydrogen (secondary N) is 1. The van der Waals surface area contributed by atoms with E-state index in [1.165, 1.54) is 25.5 Å². The Labute approximate surface area is 165 Å². The van der Waals surface area contributed by atoms with Crippen LogP contribution in [-0.2, 0) is 14.8 Å². The Morgan fingerprint density at radius 2 is 1.82 bits per heavy atom. The van der Waals surface area contributed by atoms with Crippen LogP contribution in [0.4, 0.5) is 0 Å². The molecule has 3 rings (SSSR count). The molecule has 1 aromatic carbocycles. The third kappa shape index (κ3) is 5.14. The van der Waals surface area contributed by atoms with E-state index >= 15 is 0 Å². The summed E-state index contributed by atoms with van der Waals surface area (Å²) in [7, 11) is -2.31. The van der Waals surface area contributed by atoms with Crippen molar-refractivity contribution in [1.82, 2.24) is 9.62 Å². The van der Waals surface area contributed by atoms with E-state index in [1.807, 2.05) is 4.90 Å². The number of hydrogen-bond acceptors (Lipinski definition) is 5. The van der Waals surface area contributed by atoms with Gasteiger partial charge in [0.05, 0.1) is 30.7 Å². The quantitative estimate of drug-likeness (QED) is 0.763. The number of ether oxygens (including phenoxy) is 1. The molecule has 7 nitrogen and oxygen atoms in total. The van der Waals surface area contributed by atoms with Gasteiger partial charge >= 0.3 is 0 Å². The van der Waals surface area contributed by atoms with E-state index in [2.05, 4.69) is 4.72 Å². The van der Waals surface area contributed by atoms with Crippen LogP contribution in [0.5, 0.6) is 5.75 Å². The van der Waals surface area contributed by atoms with Gasteiger partial charge in [-0.05, 0) is 49.2 Å². The van der Waals surface area contributed by atoms with Crippen LogP contribution < -0.4 is 9.46 Å². The van der Waals surface area contributed by atoms with Crippen LogP contribution in [0, 0.1) is 0 Å². The van der Waals surface area contributed by atoms with Gasteiger partial charge in [-0.2, -0.15) is 4.72 Å². The van der Waals surface area contributed by atoms with Gasteiger partial charge in [0.15, 0.2) is 0 Å². The zero-order chi connectivity index (χ0) is 20.0. The van der Waals surface area contributed by atoms with Gasteiger partial charge in [0.25, 0.3) is 0 Å². The number of sulfonamides is 1. The average Bonchev–Trinajstić information content (AvgIpc) is 3.09. The van der Waals surface area contributed by atoms with E-state index in [9.17, 15) is 13.2 Å². The summed E-state index contributed by atoms with van der Waals surface area (Å²) < 4.78 is 38.8. The van der Waals surface area contributed by atoms with E-state index in [-0.39, 0.29) is 17.2 Å². The lowest BCUT2D eigenvalue weighted by Crippen LogP contribution is -2.37. The Balaban J connectivity index is 1.77. The second-order valence-corrected chi connectivity index (χ2v) is 8.58. The highest BCUT2D eigenvalue weighted by Crippen LogP contribution is 2.24. The molecular formula is C20H26N2O5S. The van der Waals surface area contributed by atoms with Gasteiger partial charge in [-0.15, -0.1) is 0 Å². The first-order valence-corrected chi connectivity index (χ1v) is 11.0. The Kier molecular flexibility index (Phi) is 6.74. The molecule has 1 aliphatic heterocycles. The van der Waals surface area contributed by atoms with E-state index < -0.39 is 16.1 Å². The monoisotopic (exact) mass is 406 g/mol. The number of methoxy groups -OCH3 is 1. The van der Waals surface area contributed by atoms with Gasteiger partial charge in [0.2, 0.25) is 15.9 Å². The molecule has 0 saturated carbocycles. The molecular weight excluding hydrogens is 380 g/mol. The second kappa shape index (κ2) is 9.25. The fourth-order valence-corrected chi connectivity index (χ4v) is 4.53. The number of carbonyl (C=O) groups excluding carboxylic acids is 1. The predicted octanol–water partition coefficient (Wildman–Crippen LogP) is 3.10. The van der Waals surface area contributed by atoms with Crippen LogP contribution in [0.15, 0.2) is 52.0 Å². The van der Waals surface area contributed by atoms with Crippen LogP contribution in [0.3, 0.4) is 0 Å². The van der Waals surface area contributed by atoms with Crippen LogP contribution in [0.1, 0.15) is 43.9 Å². The molecule has 1 atom stereocenters. The smallest absolute Gasteiger partial charge is 0.241 e. The van der Waals surface area contributed by atoms with Crippen molar-refractivity contribution in [3.63, 3.8) is 0 Å². The van der Waals surface area contributed by atoms with E-state index in [1.54, 1.807) is 24.3 Å². The van der Waals surface area contributed by atoms with Crippen LogP contribution in [0.2, 0.25) is 0 Å². The molecule has 1 fully saturated rings. The molecule has 8 heteroatoms. The van der Waals surface area contributed by atoms with Crippen LogP contribution >= 0.6 is 0 Å². The Morgan fingerprint density at radius 1 is 1.14 bits per heavy atom. The summed E-state index contributed by atoms with van der Waals surface area (Å²) in [5, 5.41) is 0. The number of furan rings is 1. The first-order valence-electron chi connectivity index (χ1n) is 9.47. The van der Waals surface area contributed by atoms with Gasteiger partial charge in [-0.1, -0.05) is 12.8 Å². The van der Waals surface area contributed by atoms with Gasteiger partial charge in [-0.3, -0.25) is 4.79 Å². The molecule has 1 aromatic heterocycles. The molecule has 152 valence electrons. The maximum atomic E-state index is 12.8. The minimum absolute atomic E-state index is 0.0168. The summed E-state index contributed by atoms with van der Waals surface area (Å²) >= 11 is 0. The normalized spacial score (nSPS) is 16.4. The van der Waals surface area contributed by atoms with Gasteiger partial charge in [-0.25, -0.2) is 8.42 Å². The summed E-state index contributed by atoms with van der Waals surface area (Å²) in [6.07, 6.45) is 5.69. The maximum Gasteiger partial charge on any atom is 0.241 e. The Hall–Kier alpha value is -2.32. The number of benzene rings is 1. The van der Waals surface area contributed by atoms with Crippen molar-refractivity contribution < 1.29 is 22.4 Å². The number of hydrogen-bond donors (Lipinski definition) is 1. The van der Waals surface area contributed by atoms with Crippen molar-refractivity contribution in [2.24, 2.45) is 0 Å². The summed E-state index contributed by atoms with van der Waals surface area (Å²) in [6.45, 7) is 1.43. The molecule has 0 spiro atoms. The standard InChI is InChI=1S/C20H26N2O5S/c1-26-16-8-10-17(11-9-16)28(24,25)21-18(19-7-6-14-27-19)15-20(23)22-12-4-2-3-5-13-22/h6-11,14,18,21H,2-5,12-13,15H2,1H3. The molecule has 2 aromatic rings. The Morgan fingerprint density at radius 3 is 2.39 bits per heavy atom. The third-order valence-corrected chi connectivity index (χ3v) is 6.38. The summed E-state index contributed by atoms with van der Waals surface area (Å²) in [5.41, 5.74) is 0. The van der Waals surface area contributed by atoms with Gasteiger partial charge in [0.1, 0.15) is 11.5 Å². The fraction of sp³-hybridized carbons (Fsp3) is 0.450. The third-order valence-electron chi connectivity index (χ3n) is 4.89. The van der Waals surface area contributed by atoms with E-state index in [4.69, 9.17) is 9.15 Å². The van der Waals surface area contributed by atoms with Crippen molar-refractivity contribution in [2.75, 3.05) is 20.2 Å². The highest BCUT2D eigenvalue weighted by molar-refractivity contribution is 7.89. The van der Waals surface area contributed by atoms with Gasteiger partial charge in [0, 0.05) is 13.1 Å². The van der Waals surface area contributed by atoms with Gasteiger partial charge < -0.3 is 14.1 Å². The van der Waals surface area contributed by atoms with Crippen molar-refractivity contribution in [3.05, 3.63) is 48.4 Å². The molecule has 2 heterocycles. The minimum Gasteiger partial charge on any atom is -0.497 e. The second-order valence-electron chi connectivity index (χ2n) is 6.86. The minimum atomic E-state index is -3.83. The maximum absolute atomic E-state index is 12.8. The number of likely N-dealkylation sites (tertiary alicyclic amines) is 1. The Bertz CT molecular complexity index is 855. The molecule has 0 radical (unpaired) electrons. The van der Waals surface area contributed by atoms with Crippen molar-refractivity contribution in [1.29, 1.82) is 0 Å². The zero-order valence-corrected chi connectivity index (χ0v) is 16.8. The molecule has 1 N–H and O–H groups in total. The van der Waals surface area contributed by atoms with E-state index in [0.717, 1.165) is 38.8 Å². The topological polar surface area (TPSA) is 88.8 Å². The molecule has 28 heavy (non-hydrogen) atoms. The number of carbonyl (C=O) groups is 1. The number of amides is 1. The van der Waals surface area contributed by atoms with Crippen molar-refractivity contribution in [3.8, 4) is 5.75 Å². The lowest BCUT2D eigenvalue weighted by Gasteiger charge is -2.23. The average molecular weight is 407 g/mol. The van der Waals surface area contributed by atoms with Crippen molar-refractivity contribution >= 4 is 15.9 Å². The number of nitrogens with zero attached hydrogens (tertiary/aromatic N) is 1. The first kappa shape index (κ1) is 20.4. The highest BCUT2D eigenvalue weighted by atomic mass is 32.2. The number of rotatable bonds is 7.